The second-order valence-electron chi connectivity index (χ2n) is 10.4. The average Bonchev–Trinajstić information content (AvgIpc) is 2.87. The third-order valence-electron chi connectivity index (χ3n) is 9.25. The molecule has 160 valence electrons. The lowest BCUT2D eigenvalue weighted by Gasteiger charge is -2.74. The van der Waals surface area contributed by atoms with Gasteiger partial charge in [-0.25, -0.2) is 0 Å². The molecule has 0 aromatic rings. The third kappa shape index (κ3) is 1.98. The predicted octanol–water partition coefficient (Wildman–Crippen LogP) is 0.948. The summed E-state index contributed by atoms with van der Waals surface area (Å²) in [4.78, 5) is 24.9. The van der Waals surface area contributed by atoms with Gasteiger partial charge in [-0.2, -0.15) is 0 Å². The summed E-state index contributed by atoms with van der Waals surface area (Å²) < 4.78 is 11.3. The van der Waals surface area contributed by atoms with Crippen molar-refractivity contribution in [3.8, 4) is 0 Å². The Kier molecular flexibility index (Phi) is 3.86. The number of ketones is 1. The highest BCUT2D eigenvalue weighted by molar-refractivity contribution is 6.04. The largest absolute Gasteiger partial charge is 0.465 e. The van der Waals surface area contributed by atoms with Gasteiger partial charge in [0.2, 0.25) is 5.79 Å². The Labute approximate surface area is 170 Å². The van der Waals surface area contributed by atoms with Crippen molar-refractivity contribution < 1.29 is 34.4 Å². The summed E-state index contributed by atoms with van der Waals surface area (Å²) in [6.45, 7) is 7.44. The van der Waals surface area contributed by atoms with E-state index in [0.717, 1.165) is 6.42 Å². The highest BCUT2D eigenvalue weighted by Crippen LogP contribution is 2.76. The zero-order chi connectivity index (χ0) is 21.0. The topological polar surface area (TPSA) is 113 Å². The predicted molar refractivity (Wildman–Crippen MR) is 100 cm³/mol. The summed E-state index contributed by atoms with van der Waals surface area (Å²) in [5.74, 6) is -3.52. The molecule has 2 spiro atoms. The number of carbonyl (C=O) groups is 2. The highest BCUT2D eigenvalue weighted by atomic mass is 16.6. The van der Waals surface area contributed by atoms with Gasteiger partial charge in [-0.1, -0.05) is 13.5 Å². The maximum absolute atomic E-state index is 13.4. The van der Waals surface area contributed by atoms with E-state index in [1.165, 1.54) is 6.92 Å². The number of ether oxygens (including phenoxy) is 2. The van der Waals surface area contributed by atoms with Gasteiger partial charge in [0, 0.05) is 23.7 Å². The molecule has 6 rings (SSSR count). The molecule has 3 N–H and O–H groups in total. The van der Waals surface area contributed by atoms with Crippen molar-refractivity contribution in [3.63, 3.8) is 0 Å². The quantitative estimate of drug-likeness (QED) is 0.462. The van der Waals surface area contributed by atoms with Gasteiger partial charge in [-0.3, -0.25) is 9.59 Å². The Hall–Kier alpha value is -1.28. The lowest BCUT2D eigenvalue weighted by Crippen LogP contribution is -2.84. The molecule has 2 aliphatic heterocycles. The molecule has 6 aliphatic rings. The van der Waals surface area contributed by atoms with Crippen molar-refractivity contribution >= 4 is 11.8 Å². The first-order valence-corrected chi connectivity index (χ1v) is 10.6. The van der Waals surface area contributed by atoms with E-state index in [4.69, 9.17) is 9.47 Å². The molecule has 7 heteroatoms. The Morgan fingerprint density at radius 2 is 2.03 bits per heavy atom. The first-order valence-electron chi connectivity index (χ1n) is 10.6. The fourth-order valence-corrected chi connectivity index (χ4v) is 8.08. The maximum Gasteiger partial charge on any atom is 0.302 e. The number of allylic oxidation sites excluding steroid dienone is 1. The number of esters is 1. The number of hydrogen-bond acceptors (Lipinski definition) is 7. The molecule has 2 heterocycles. The Balaban J connectivity index is 1.69. The highest BCUT2D eigenvalue weighted by Gasteiger charge is 2.84. The van der Waals surface area contributed by atoms with Crippen molar-refractivity contribution in [1.82, 2.24) is 0 Å². The summed E-state index contributed by atoms with van der Waals surface area (Å²) in [7, 11) is 0. The van der Waals surface area contributed by atoms with Crippen molar-refractivity contribution in [2.75, 3.05) is 13.2 Å². The monoisotopic (exact) mass is 406 g/mol. The van der Waals surface area contributed by atoms with Crippen LogP contribution < -0.4 is 0 Å². The minimum atomic E-state index is -2.02. The molecule has 0 aromatic heterocycles. The molecule has 7 nitrogen and oxygen atoms in total. The minimum absolute atomic E-state index is 0.0130. The van der Waals surface area contributed by atoms with Crippen molar-refractivity contribution in [2.45, 2.75) is 63.9 Å². The van der Waals surface area contributed by atoms with Gasteiger partial charge in [-0.05, 0) is 49.5 Å². The van der Waals surface area contributed by atoms with Gasteiger partial charge in [-0.15, -0.1) is 0 Å². The summed E-state index contributed by atoms with van der Waals surface area (Å²) in [5, 5.41) is 34.6. The molecule has 6 fully saturated rings. The fourth-order valence-electron chi connectivity index (χ4n) is 8.08. The number of Topliss-reactive ketones (excluding diaryl/α,β-unsaturated/α-hetero) is 1. The number of aliphatic hydroxyl groups excluding tert-OH is 2. The van der Waals surface area contributed by atoms with E-state index in [-0.39, 0.29) is 30.8 Å². The van der Waals surface area contributed by atoms with E-state index < -0.39 is 46.1 Å². The molecule has 9 atom stereocenters. The summed E-state index contributed by atoms with van der Waals surface area (Å²) in [5.41, 5.74) is -2.27. The van der Waals surface area contributed by atoms with Gasteiger partial charge < -0.3 is 24.8 Å². The van der Waals surface area contributed by atoms with Gasteiger partial charge >= 0.3 is 5.97 Å². The molecule has 0 amide bonds. The van der Waals surface area contributed by atoms with Crippen molar-refractivity contribution in [1.29, 1.82) is 0 Å². The first-order chi connectivity index (χ1) is 13.5. The average molecular weight is 406 g/mol. The third-order valence-corrected chi connectivity index (χ3v) is 9.25. The van der Waals surface area contributed by atoms with Crippen LogP contribution in [0.2, 0.25) is 0 Å². The van der Waals surface area contributed by atoms with Crippen LogP contribution in [0.3, 0.4) is 0 Å². The van der Waals surface area contributed by atoms with Crippen LogP contribution >= 0.6 is 0 Å². The first kappa shape index (κ1) is 19.7. The maximum atomic E-state index is 13.4. The number of rotatable bonds is 2. The second kappa shape index (κ2) is 5.69. The van der Waals surface area contributed by atoms with Crippen LogP contribution in [0.25, 0.3) is 0 Å². The van der Waals surface area contributed by atoms with Crippen LogP contribution in [-0.4, -0.2) is 58.3 Å². The molecular weight excluding hydrogens is 376 g/mol. The van der Waals surface area contributed by atoms with Crippen LogP contribution in [0, 0.1) is 34.0 Å². The van der Waals surface area contributed by atoms with Crippen LogP contribution in [-0.2, 0) is 19.1 Å². The Bertz CT molecular complexity index is 809. The Morgan fingerprint density at radius 3 is 2.72 bits per heavy atom. The fraction of sp³-hybridized carbons (Fsp3) is 0.818. The SMILES string of the molecule is C=C1C(=O)[C@]23C[C@H]1CCC2C12CO[C@@]3(O)[C@@H](O)C1[C@](C)(COC(C)=O)CC[C@H]2O. The smallest absolute Gasteiger partial charge is 0.302 e. The van der Waals surface area contributed by atoms with Crippen molar-refractivity contribution in [2.24, 2.45) is 34.0 Å². The molecule has 0 radical (unpaired) electrons. The molecule has 2 saturated heterocycles. The lowest BCUT2D eigenvalue weighted by atomic mass is 9.36. The normalized spacial score (nSPS) is 55.4. The summed E-state index contributed by atoms with van der Waals surface area (Å²) >= 11 is 0. The zero-order valence-electron chi connectivity index (χ0n) is 17.0. The minimum Gasteiger partial charge on any atom is -0.465 e. The second-order valence-corrected chi connectivity index (χ2v) is 10.4. The molecule has 4 aliphatic carbocycles. The van der Waals surface area contributed by atoms with Gasteiger partial charge in [0.15, 0.2) is 5.78 Å². The zero-order valence-corrected chi connectivity index (χ0v) is 17.0. The van der Waals surface area contributed by atoms with Crippen LogP contribution in [0.15, 0.2) is 12.2 Å². The lowest BCUT2D eigenvalue weighted by molar-refractivity contribution is -0.450. The van der Waals surface area contributed by atoms with E-state index in [1.54, 1.807) is 0 Å². The van der Waals surface area contributed by atoms with Gasteiger partial charge in [0.1, 0.15) is 6.10 Å². The van der Waals surface area contributed by atoms with Gasteiger partial charge in [0.25, 0.3) is 0 Å². The van der Waals surface area contributed by atoms with E-state index in [1.807, 2.05) is 6.92 Å². The molecular formula is C22H30O7. The summed E-state index contributed by atoms with van der Waals surface area (Å²) in [6, 6.07) is 0. The number of hydrogen-bond donors (Lipinski definition) is 3. The van der Waals surface area contributed by atoms with E-state index in [9.17, 15) is 24.9 Å². The number of aliphatic hydroxyl groups is 3. The molecule has 3 unspecified atom stereocenters. The molecule has 0 aromatic carbocycles. The molecule has 29 heavy (non-hydrogen) atoms. The van der Waals surface area contributed by atoms with E-state index in [0.29, 0.717) is 31.3 Å². The molecule has 4 saturated carbocycles. The van der Waals surface area contributed by atoms with E-state index >= 15 is 0 Å². The Morgan fingerprint density at radius 1 is 1.31 bits per heavy atom. The van der Waals surface area contributed by atoms with Gasteiger partial charge in [0.05, 0.1) is 24.7 Å². The number of fused-ring (bicyclic) bond motifs is 2. The van der Waals surface area contributed by atoms with E-state index in [2.05, 4.69) is 6.58 Å². The molecule has 4 bridgehead atoms. The van der Waals surface area contributed by atoms with Crippen LogP contribution in [0.4, 0.5) is 0 Å². The van der Waals surface area contributed by atoms with Crippen molar-refractivity contribution in [3.05, 3.63) is 12.2 Å². The number of carbonyl (C=O) groups excluding carboxylic acids is 2. The standard InChI is InChI=1S/C22H30O7/c1-11-13-4-5-14-20-10-29-22(27,21(14,8-13)17(11)25)18(26)16(20)19(3,7-6-15(20)24)9-28-12(2)23/h13-16,18,24,26-27H,1,4-10H2,2-3H3/t13-,14?,15-,16?,18+,19+,20?,21+,22+/m1/s1. The van der Waals surface area contributed by atoms with Crippen LogP contribution in [0.1, 0.15) is 46.0 Å². The summed E-state index contributed by atoms with van der Waals surface area (Å²) in [6.07, 6.45) is 0.743. The van der Waals surface area contributed by atoms with Crippen LogP contribution in [0.5, 0.6) is 0 Å².